The van der Waals surface area contributed by atoms with Gasteiger partial charge in [-0.05, 0) is 30.5 Å². The maximum absolute atomic E-state index is 12.0. The number of aromatic amines is 1. The summed E-state index contributed by atoms with van der Waals surface area (Å²) in [6.07, 6.45) is 1.17. The first-order valence-electron chi connectivity index (χ1n) is 7.61. The van der Waals surface area contributed by atoms with Crippen LogP contribution in [0.15, 0.2) is 32.9 Å². The van der Waals surface area contributed by atoms with Gasteiger partial charge in [0.25, 0.3) is 5.91 Å². The summed E-state index contributed by atoms with van der Waals surface area (Å²) in [6, 6.07) is 5.38. The summed E-state index contributed by atoms with van der Waals surface area (Å²) < 4.78 is 0.820. The Morgan fingerprint density at radius 1 is 1.39 bits per heavy atom. The number of aromatic hydroxyl groups is 1. The molecule has 0 bridgehead atoms. The third kappa shape index (κ3) is 3.97. The standard InChI is InChI=1S/C16H20BrN3O3/c1-3-5-9(4-2)14(21)16(23)20-19-13-11-8-10(17)6-7-12(11)18-15(13)22/h6-9,14,18,21-22H,3-5H2,1-2H3. The molecule has 0 saturated heterocycles. The lowest BCUT2D eigenvalue weighted by atomic mass is 9.94. The van der Waals surface area contributed by atoms with Crippen LogP contribution in [0.1, 0.15) is 33.1 Å². The third-order valence-electron chi connectivity index (χ3n) is 3.85. The average molecular weight is 382 g/mol. The molecule has 2 unspecified atom stereocenters. The van der Waals surface area contributed by atoms with E-state index in [1.165, 1.54) is 0 Å². The molecule has 2 rings (SSSR count). The number of halogens is 1. The number of aromatic nitrogens is 1. The van der Waals surface area contributed by atoms with Gasteiger partial charge in [0, 0.05) is 9.86 Å². The number of rotatable bonds is 6. The van der Waals surface area contributed by atoms with Crippen molar-refractivity contribution in [1.29, 1.82) is 0 Å². The van der Waals surface area contributed by atoms with E-state index in [1.54, 1.807) is 12.1 Å². The van der Waals surface area contributed by atoms with Gasteiger partial charge in [-0.1, -0.05) is 42.6 Å². The van der Waals surface area contributed by atoms with E-state index < -0.39 is 12.0 Å². The van der Waals surface area contributed by atoms with Crippen molar-refractivity contribution >= 4 is 38.4 Å². The fourth-order valence-electron chi connectivity index (χ4n) is 2.55. The molecule has 0 radical (unpaired) electrons. The number of nitrogens with one attached hydrogen (secondary N) is 1. The Morgan fingerprint density at radius 2 is 2.13 bits per heavy atom. The Kier molecular flexibility index (Phi) is 5.90. The van der Waals surface area contributed by atoms with Gasteiger partial charge in [-0.25, -0.2) is 0 Å². The normalized spacial score (nSPS) is 14.4. The van der Waals surface area contributed by atoms with Crippen molar-refractivity contribution in [2.24, 2.45) is 16.1 Å². The van der Waals surface area contributed by atoms with Crippen LogP contribution in [0.4, 0.5) is 5.69 Å². The molecule has 23 heavy (non-hydrogen) atoms. The minimum absolute atomic E-state index is 0.128. The lowest BCUT2D eigenvalue weighted by molar-refractivity contribution is -0.129. The molecule has 0 saturated carbocycles. The van der Waals surface area contributed by atoms with E-state index in [4.69, 9.17) is 0 Å². The molecule has 1 heterocycles. The number of aliphatic hydroxyl groups is 1. The quantitative estimate of drug-likeness (QED) is 0.645. The molecule has 7 heteroatoms. The van der Waals surface area contributed by atoms with E-state index in [2.05, 4.69) is 31.1 Å². The number of hydrogen-bond acceptors (Lipinski definition) is 4. The predicted octanol–water partition coefficient (Wildman–Crippen LogP) is 4.43. The molecule has 0 aliphatic heterocycles. The van der Waals surface area contributed by atoms with Crippen LogP contribution in [-0.4, -0.2) is 27.2 Å². The van der Waals surface area contributed by atoms with Gasteiger partial charge in [-0.3, -0.25) is 4.79 Å². The second-order valence-electron chi connectivity index (χ2n) is 5.45. The van der Waals surface area contributed by atoms with Crippen LogP contribution in [0.2, 0.25) is 0 Å². The zero-order valence-corrected chi connectivity index (χ0v) is 14.7. The minimum Gasteiger partial charge on any atom is -0.493 e. The molecular weight excluding hydrogens is 362 g/mol. The Morgan fingerprint density at radius 3 is 2.78 bits per heavy atom. The fourth-order valence-corrected chi connectivity index (χ4v) is 2.91. The van der Waals surface area contributed by atoms with Crippen molar-refractivity contribution in [3.63, 3.8) is 0 Å². The molecule has 1 aromatic carbocycles. The number of azo groups is 1. The van der Waals surface area contributed by atoms with Crippen molar-refractivity contribution in [1.82, 2.24) is 4.98 Å². The molecule has 0 aliphatic rings. The Bertz CT molecular complexity index is 727. The predicted molar refractivity (Wildman–Crippen MR) is 91.9 cm³/mol. The molecule has 0 fully saturated rings. The molecule has 0 spiro atoms. The molecule has 1 aromatic heterocycles. The lowest BCUT2D eigenvalue weighted by Gasteiger charge is -2.17. The van der Waals surface area contributed by atoms with Crippen molar-refractivity contribution in [3.05, 3.63) is 22.7 Å². The van der Waals surface area contributed by atoms with Gasteiger partial charge in [0.2, 0.25) is 5.88 Å². The lowest BCUT2D eigenvalue weighted by Crippen LogP contribution is -2.27. The summed E-state index contributed by atoms with van der Waals surface area (Å²) in [5, 5.41) is 28.1. The molecule has 3 N–H and O–H groups in total. The highest BCUT2D eigenvalue weighted by atomic mass is 79.9. The number of H-pyrrole nitrogens is 1. The van der Waals surface area contributed by atoms with Crippen LogP contribution in [0.25, 0.3) is 10.9 Å². The molecule has 0 aliphatic carbocycles. The molecule has 2 aromatic rings. The van der Waals surface area contributed by atoms with Crippen LogP contribution in [0, 0.1) is 5.92 Å². The number of aliphatic hydroxyl groups excluding tert-OH is 1. The number of fused-ring (bicyclic) bond motifs is 1. The number of carbonyl (C=O) groups excluding carboxylic acids is 1. The van der Waals surface area contributed by atoms with E-state index in [1.807, 2.05) is 19.9 Å². The van der Waals surface area contributed by atoms with E-state index in [0.717, 1.165) is 17.3 Å². The number of amides is 1. The Balaban J connectivity index is 2.24. The van der Waals surface area contributed by atoms with E-state index in [-0.39, 0.29) is 17.5 Å². The van der Waals surface area contributed by atoms with Gasteiger partial charge in [0.15, 0.2) is 5.69 Å². The highest BCUT2D eigenvalue weighted by molar-refractivity contribution is 9.10. The SMILES string of the molecule is CCCC(CC)C(O)C(=O)N=Nc1c(O)[nH]c2ccc(Br)cc12. The fraction of sp³-hybridized carbons (Fsp3) is 0.438. The van der Waals surface area contributed by atoms with Crippen LogP contribution >= 0.6 is 15.9 Å². The summed E-state index contributed by atoms with van der Waals surface area (Å²) in [6.45, 7) is 3.93. The summed E-state index contributed by atoms with van der Waals surface area (Å²) in [4.78, 5) is 14.8. The molecule has 6 nitrogen and oxygen atoms in total. The van der Waals surface area contributed by atoms with Crippen LogP contribution in [0.5, 0.6) is 5.88 Å². The highest BCUT2D eigenvalue weighted by Gasteiger charge is 2.24. The van der Waals surface area contributed by atoms with Gasteiger partial charge in [0.1, 0.15) is 6.10 Å². The Labute approximate surface area is 142 Å². The minimum atomic E-state index is -1.16. The summed E-state index contributed by atoms with van der Waals surface area (Å²) in [5.41, 5.74) is 0.871. The van der Waals surface area contributed by atoms with E-state index >= 15 is 0 Å². The van der Waals surface area contributed by atoms with Crippen molar-refractivity contribution in [2.75, 3.05) is 0 Å². The first-order valence-corrected chi connectivity index (χ1v) is 8.41. The maximum Gasteiger partial charge on any atom is 0.293 e. The first kappa shape index (κ1) is 17.6. The van der Waals surface area contributed by atoms with Crippen molar-refractivity contribution in [2.45, 2.75) is 39.2 Å². The van der Waals surface area contributed by atoms with Crippen molar-refractivity contribution in [3.8, 4) is 5.88 Å². The summed E-state index contributed by atoms with van der Waals surface area (Å²) >= 11 is 3.35. The van der Waals surface area contributed by atoms with Gasteiger partial charge in [0.05, 0.1) is 5.52 Å². The zero-order valence-electron chi connectivity index (χ0n) is 13.1. The van der Waals surface area contributed by atoms with Gasteiger partial charge in [-0.2, -0.15) is 0 Å². The monoisotopic (exact) mass is 381 g/mol. The molecule has 2 atom stereocenters. The average Bonchev–Trinajstić information content (AvgIpc) is 2.84. The molecule has 1 amide bonds. The van der Waals surface area contributed by atoms with E-state index in [9.17, 15) is 15.0 Å². The number of nitrogens with zero attached hydrogens (tertiary/aromatic N) is 2. The highest BCUT2D eigenvalue weighted by Crippen LogP contribution is 2.36. The van der Waals surface area contributed by atoms with E-state index in [0.29, 0.717) is 17.3 Å². The molecule has 124 valence electrons. The summed E-state index contributed by atoms with van der Waals surface area (Å²) in [7, 11) is 0. The number of carbonyl (C=O) groups is 1. The van der Waals surface area contributed by atoms with Crippen LogP contribution in [-0.2, 0) is 4.79 Å². The smallest absolute Gasteiger partial charge is 0.293 e. The van der Waals surface area contributed by atoms with Gasteiger partial charge < -0.3 is 15.2 Å². The topological polar surface area (TPSA) is 98.0 Å². The summed E-state index contributed by atoms with van der Waals surface area (Å²) in [5.74, 6) is -0.976. The number of benzene rings is 1. The Hall–Kier alpha value is -1.73. The zero-order chi connectivity index (χ0) is 17.0. The molecular formula is C16H20BrN3O3. The second-order valence-corrected chi connectivity index (χ2v) is 6.37. The maximum atomic E-state index is 12.0. The first-order chi connectivity index (χ1) is 11.0. The van der Waals surface area contributed by atoms with Crippen LogP contribution in [0.3, 0.4) is 0 Å². The van der Waals surface area contributed by atoms with Gasteiger partial charge >= 0.3 is 0 Å². The third-order valence-corrected chi connectivity index (χ3v) is 4.34. The van der Waals surface area contributed by atoms with Gasteiger partial charge in [-0.15, -0.1) is 10.2 Å². The largest absolute Gasteiger partial charge is 0.493 e. The number of hydrogen-bond donors (Lipinski definition) is 3. The van der Waals surface area contributed by atoms with Crippen molar-refractivity contribution < 1.29 is 15.0 Å². The second kappa shape index (κ2) is 7.70. The van der Waals surface area contributed by atoms with Crippen LogP contribution < -0.4 is 0 Å².